The lowest BCUT2D eigenvalue weighted by Crippen LogP contribution is -2.43. The minimum Gasteiger partial charge on any atom is -0.336 e. The van der Waals surface area contributed by atoms with Crippen LogP contribution in [-0.2, 0) is 0 Å². The summed E-state index contributed by atoms with van der Waals surface area (Å²) in [6.07, 6.45) is 7.96. The summed E-state index contributed by atoms with van der Waals surface area (Å²) in [4.78, 5) is 19.3. The van der Waals surface area contributed by atoms with E-state index in [0.29, 0.717) is 11.6 Å². The first-order valence-corrected chi connectivity index (χ1v) is 8.26. The van der Waals surface area contributed by atoms with Crippen molar-refractivity contribution in [1.29, 1.82) is 0 Å². The lowest BCUT2D eigenvalue weighted by molar-refractivity contribution is 0.0608. The van der Waals surface area contributed by atoms with Crippen LogP contribution in [0.25, 0.3) is 11.0 Å². The summed E-state index contributed by atoms with van der Waals surface area (Å²) >= 11 is 0. The highest BCUT2D eigenvalue weighted by molar-refractivity contribution is 5.97. The molecule has 0 N–H and O–H groups in total. The predicted molar refractivity (Wildman–Crippen MR) is 86.9 cm³/mol. The summed E-state index contributed by atoms with van der Waals surface area (Å²) in [5, 5.41) is 5.30. The number of carbonyl (C=O) groups excluding carboxylic acids is 1. The molecule has 1 aliphatic heterocycles. The average molecular weight is 300 g/mol. The summed E-state index contributed by atoms with van der Waals surface area (Å²) in [6, 6.07) is 2.56. The number of piperidine rings is 1. The van der Waals surface area contributed by atoms with Crippen LogP contribution in [0.4, 0.5) is 0 Å². The molecule has 1 fully saturated rings. The van der Waals surface area contributed by atoms with Gasteiger partial charge in [0, 0.05) is 30.2 Å². The molecular weight excluding hydrogens is 276 g/mol. The Bertz CT molecular complexity index is 676. The number of rotatable bonds is 3. The van der Waals surface area contributed by atoms with E-state index in [1.807, 2.05) is 15.6 Å². The molecule has 2 aromatic rings. The van der Waals surface area contributed by atoms with Crippen LogP contribution in [0.1, 0.15) is 62.9 Å². The summed E-state index contributed by atoms with van der Waals surface area (Å²) in [5.74, 6) is 0.109. The van der Waals surface area contributed by atoms with Crippen LogP contribution in [0.5, 0.6) is 0 Å². The molecule has 5 heteroatoms. The average Bonchev–Trinajstić information content (AvgIpc) is 2.97. The molecule has 0 radical (unpaired) electrons. The van der Waals surface area contributed by atoms with E-state index in [4.69, 9.17) is 0 Å². The van der Waals surface area contributed by atoms with Crippen molar-refractivity contribution in [1.82, 2.24) is 19.7 Å². The van der Waals surface area contributed by atoms with Crippen molar-refractivity contribution in [2.24, 2.45) is 0 Å². The van der Waals surface area contributed by atoms with Gasteiger partial charge >= 0.3 is 0 Å². The second kappa shape index (κ2) is 6.07. The topological polar surface area (TPSA) is 51.0 Å². The third kappa shape index (κ3) is 2.60. The van der Waals surface area contributed by atoms with E-state index in [9.17, 15) is 4.79 Å². The van der Waals surface area contributed by atoms with Gasteiger partial charge in [-0.15, -0.1) is 0 Å². The highest BCUT2D eigenvalue weighted by Crippen LogP contribution is 2.23. The molecule has 3 rings (SSSR count). The molecule has 1 atom stereocenters. The van der Waals surface area contributed by atoms with Crippen LogP contribution in [0.15, 0.2) is 18.5 Å². The van der Waals surface area contributed by atoms with Gasteiger partial charge in [-0.25, -0.2) is 9.67 Å². The van der Waals surface area contributed by atoms with E-state index < -0.39 is 0 Å². The van der Waals surface area contributed by atoms with Crippen molar-refractivity contribution in [3.05, 3.63) is 24.0 Å². The number of hydrogen-bond donors (Lipinski definition) is 0. The first-order chi connectivity index (χ1) is 10.6. The molecule has 3 heterocycles. The molecule has 2 aromatic heterocycles. The number of likely N-dealkylation sites (tertiary alicyclic amines) is 1. The largest absolute Gasteiger partial charge is 0.336 e. The summed E-state index contributed by atoms with van der Waals surface area (Å²) in [7, 11) is 0. The zero-order valence-corrected chi connectivity index (χ0v) is 13.6. The molecule has 1 saturated heterocycles. The standard InChI is InChI=1S/C17H24N4O/c1-4-15-7-5-6-8-20(15)17(22)14-9-13-11-19-21(12(2)3)16(13)18-10-14/h9-12,15H,4-8H2,1-3H3/t15-/m0/s1. The van der Waals surface area contributed by atoms with Crippen molar-refractivity contribution in [3.63, 3.8) is 0 Å². The maximum atomic E-state index is 12.8. The first kappa shape index (κ1) is 15.0. The molecule has 1 amide bonds. The molecule has 0 spiro atoms. The number of carbonyl (C=O) groups is 1. The molecule has 5 nitrogen and oxygen atoms in total. The maximum Gasteiger partial charge on any atom is 0.255 e. The molecule has 0 saturated carbocycles. The van der Waals surface area contributed by atoms with Crippen LogP contribution in [0.3, 0.4) is 0 Å². The second-order valence-corrected chi connectivity index (χ2v) is 6.38. The molecule has 118 valence electrons. The normalized spacial score (nSPS) is 19.1. The van der Waals surface area contributed by atoms with Crippen molar-refractivity contribution < 1.29 is 4.79 Å². The Labute approximate surface area is 131 Å². The zero-order valence-electron chi connectivity index (χ0n) is 13.6. The van der Waals surface area contributed by atoms with Gasteiger partial charge in [0.15, 0.2) is 5.65 Å². The molecule has 0 unspecified atom stereocenters. The maximum absolute atomic E-state index is 12.8. The quantitative estimate of drug-likeness (QED) is 0.872. The van der Waals surface area contributed by atoms with E-state index >= 15 is 0 Å². The van der Waals surface area contributed by atoms with Gasteiger partial charge in [0.2, 0.25) is 0 Å². The van der Waals surface area contributed by atoms with Gasteiger partial charge < -0.3 is 4.90 Å². The van der Waals surface area contributed by atoms with Gasteiger partial charge in [0.1, 0.15) is 0 Å². The number of hydrogen-bond acceptors (Lipinski definition) is 3. The van der Waals surface area contributed by atoms with Crippen molar-refractivity contribution >= 4 is 16.9 Å². The van der Waals surface area contributed by atoms with E-state index in [1.54, 1.807) is 12.4 Å². The summed E-state index contributed by atoms with van der Waals surface area (Å²) in [5.41, 5.74) is 1.52. The Morgan fingerprint density at radius 2 is 2.18 bits per heavy atom. The van der Waals surface area contributed by atoms with Gasteiger partial charge in [-0.05, 0) is 45.6 Å². The third-order valence-electron chi connectivity index (χ3n) is 4.53. The monoisotopic (exact) mass is 300 g/mol. The van der Waals surface area contributed by atoms with Crippen LogP contribution in [0.2, 0.25) is 0 Å². The number of aromatic nitrogens is 3. The van der Waals surface area contributed by atoms with Gasteiger partial charge in [-0.2, -0.15) is 5.10 Å². The Morgan fingerprint density at radius 3 is 2.91 bits per heavy atom. The highest BCUT2D eigenvalue weighted by Gasteiger charge is 2.26. The van der Waals surface area contributed by atoms with Gasteiger partial charge in [-0.3, -0.25) is 4.79 Å². The first-order valence-electron chi connectivity index (χ1n) is 8.26. The minimum atomic E-state index is 0.109. The number of fused-ring (bicyclic) bond motifs is 1. The Hall–Kier alpha value is -1.91. The fourth-order valence-electron chi connectivity index (χ4n) is 3.29. The smallest absolute Gasteiger partial charge is 0.255 e. The molecule has 22 heavy (non-hydrogen) atoms. The van der Waals surface area contributed by atoms with Crippen molar-refractivity contribution in [2.45, 2.75) is 58.5 Å². The lowest BCUT2D eigenvalue weighted by atomic mass is 9.99. The highest BCUT2D eigenvalue weighted by atomic mass is 16.2. The van der Waals surface area contributed by atoms with Gasteiger partial charge in [0.05, 0.1) is 11.8 Å². The Morgan fingerprint density at radius 1 is 1.36 bits per heavy atom. The SMILES string of the molecule is CC[C@H]1CCCCN1C(=O)c1cnc2c(cnn2C(C)C)c1. The molecular formula is C17H24N4O. The van der Waals surface area contributed by atoms with E-state index in [1.165, 1.54) is 6.42 Å². The Balaban J connectivity index is 1.91. The van der Waals surface area contributed by atoms with Gasteiger partial charge in [0.25, 0.3) is 5.91 Å². The Kier molecular flexibility index (Phi) is 4.14. The van der Waals surface area contributed by atoms with Crippen LogP contribution in [0, 0.1) is 0 Å². The second-order valence-electron chi connectivity index (χ2n) is 6.38. The van der Waals surface area contributed by atoms with Crippen LogP contribution in [-0.4, -0.2) is 38.2 Å². The van der Waals surface area contributed by atoms with Crippen LogP contribution < -0.4 is 0 Å². The molecule has 1 aliphatic rings. The number of nitrogens with zero attached hydrogens (tertiary/aromatic N) is 4. The van der Waals surface area contributed by atoms with E-state index in [-0.39, 0.29) is 11.9 Å². The fourth-order valence-corrected chi connectivity index (χ4v) is 3.29. The zero-order chi connectivity index (χ0) is 15.7. The number of pyridine rings is 1. The third-order valence-corrected chi connectivity index (χ3v) is 4.53. The predicted octanol–water partition coefficient (Wildman–Crippen LogP) is 3.42. The van der Waals surface area contributed by atoms with Crippen molar-refractivity contribution in [3.8, 4) is 0 Å². The summed E-state index contributed by atoms with van der Waals surface area (Å²) < 4.78 is 1.89. The van der Waals surface area contributed by atoms with Gasteiger partial charge in [-0.1, -0.05) is 6.92 Å². The van der Waals surface area contributed by atoms with E-state index in [0.717, 1.165) is 36.8 Å². The number of amides is 1. The molecule has 0 bridgehead atoms. The van der Waals surface area contributed by atoms with Crippen molar-refractivity contribution in [2.75, 3.05) is 6.54 Å². The molecule has 0 aliphatic carbocycles. The minimum absolute atomic E-state index is 0.109. The van der Waals surface area contributed by atoms with Crippen LogP contribution >= 0.6 is 0 Å². The summed E-state index contributed by atoms with van der Waals surface area (Å²) in [6.45, 7) is 7.17. The lowest BCUT2D eigenvalue weighted by Gasteiger charge is -2.35. The fraction of sp³-hybridized carbons (Fsp3) is 0.588. The van der Waals surface area contributed by atoms with E-state index in [2.05, 4.69) is 30.9 Å². The molecule has 0 aromatic carbocycles.